The number of nitrogens with one attached hydrogen (secondary N) is 1. The molecule has 8 heteroatoms. The van der Waals surface area contributed by atoms with E-state index in [1.807, 2.05) is 0 Å². The first-order valence-corrected chi connectivity index (χ1v) is 8.14. The van der Waals surface area contributed by atoms with Gasteiger partial charge in [-0.05, 0) is 6.07 Å². The minimum atomic E-state index is -0.00896. The standard InChI is InChI=1S/C18H16N6O2/c19-7-11-8-23-15-6-16(26-12-1-4-25-10-12)14(20)5-13(15)18(11)24-17-9-21-2-3-22-17/h2-3,5-6,8-9,12H,1,4,10,20H2,(H,22,23,24). The lowest BCUT2D eigenvalue weighted by Gasteiger charge is -2.16. The molecule has 3 heterocycles. The number of aromatic nitrogens is 3. The lowest BCUT2D eigenvalue weighted by Crippen LogP contribution is -2.16. The third kappa shape index (κ3) is 3.08. The van der Waals surface area contributed by atoms with Crippen LogP contribution in [-0.2, 0) is 4.74 Å². The van der Waals surface area contributed by atoms with E-state index in [1.54, 1.807) is 30.7 Å². The quantitative estimate of drug-likeness (QED) is 0.690. The molecule has 2 aromatic heterocycles. The molecule has 3 aromatic rings. The molecule has 130 valence electrons. The fraction of sp³-hybridized carbons (Fsp3) is 0.222. The fourth-order valence-corrected chi connectivity index (χ4v) is 2.84. The number of fused-ring (bicyclic) bond motifs is 1. The van der Waals surface area contributed by atoms with Gasteiger partial charge in [-0.2, -0.15) is 5.26 Å². The van der Waals surface area contributed by atoms with Crippen LogP contribution in [0.5, 0.6) is 5.75 Å². The van der Waals surface area contributed by atoms with Crippen molar-refractivity contribution in [2.75, 3.05) is 24.3 Å². The summed E-state index contributed by atoms with van der Waals surface area (Å²) in [6.07, 6.45) is 7.06. The normalized spacial score (nSPS) is 16.3. The van der Waals surface area contributed by atoms with Crippen molar-refractivity contribution in [3.63, 3.8) is 0 Å². The van der Waals surface area contributed by atoms with Gasteiger partial charge in [0, 0.05) is 36.5 Å². The monoisotopic (exact) mass is 348 g/mol. The van der Waals surface area contributed by atoms with Crippen LogP contribution in [0.25, 0.3) is 10.9 Å². The molecule has 1 aromatic carbocycles. The first-order valence-electron chi connectivity index (χ1n) is 8.14. The summed E-state index contributed by atoms with van der Waals surface area (Å²) < 4.78 is 11.3. The minimum Gasteiger partial charge on any atom is -0.486 e. The van der Waals surface area contributed by atoms with E-state index >= 15 is 0 Å². The first kappa shape index (κ1) is 16.1. The Morgan fingerprint density at radius 3 is 2.92 bits per heavy atom. The van der Waals surface area contributed by atoms with Crippen LogP contribution in [0.15, 0.2) is 36.9 Å². The number of hydrogen-bond acceptors (Lipinski definition) is 8. The zero-order valence-corrected chi connectivity index (χ0v) is 13.8. The van der Waals surface area contributed by atoms with Crippen LogP contribution in [0, 0.1) is 11.3 Å². The topological polar surface area (TPSA) is 119 Å². The second kappa shape index (κ2) is 6.82. The van der Waals surface area contributed by atoms with E-state index in [9.17, 15) is 5.26 Å². The molecule has 0 spiro atoms. The van der Waals surface area contributed by atoms with E-state index in [4.69, 9.17) is 15.2 Å². The van der Waals surface area contributed by atoms with Crippen LogP contribution in [-0.4, -0.2) is 34.3 Å². The number of rotatable bonds is 4. The van der Waals surface area contributed by atoms with Crippen molar-refractivity contribution in [2.24, 2.45) is 0 Å². The average molecular weight is 348 g/mol. The van der Waals surface area contributed by atoms with Gasteiger partial charge < -0.3 is 20.5 Å². The molecule has 4 rings (SSSR count). The van der Waals surface area contributed by atoms with E-state index in [0.717, 1.165) is 6.42 Å². The van der Waals surface area contributed by atoms with E-state index in [-0.39, 0.29) is 6.10 Å². The van der Waals surface area contributed by atoms with Gasteiger partial charge in [0.05, 0.1) is 41.9 Å². The van der Waals surface area contributed by atoms with E-state index in [1.165, 1.54) is 6.20 Å². The summed E-state index contributed by atoms with van der Waals surface area (Å²) in [7, 11) is 0. The molecule has 1 aliphatic rings. The van der Waals surface area contributed by atoms with Gasteiger partial charge >= 0.3 is 0 Å². The van der Waals surface area contributed by atoms with Crippen molar-refractivity contribution in [1.82, 2.24) is 15.0 Å². The van der Waals surface area contributed by atoms with Crippen LogP contribution in [0.1, 0.15) is 12.0 Å². The van der Waals surface area contributed by atoms with Gasteiger partial charge in [-0.3, -0.25) is 9.97 Å². The molecular weight excluding hydrogens is 332 g/mol. The molecule has 0 saturated carbocycles. The summed E-state index contributed by atoms with van der Waals surface area (Å²) >= 11 is 0. The van der Waals surface area contributed by atoms with Crippen LogP contribution in [0.2, 0.25) is 0 Å². The predicted molar refractivity (Wildman–Crippen MR) is 96.0 cm³/mol. The van der Waals surface area contributed by atoms with Crippen LogP contribution >= 0.6 is 0 Å². The Labute approximate surface area is 149 Å². The number of nitriles is 1. The zero-order valence-electron chi connectivity index (χ0n) is 13.8. The Kier molecular flexibility index (Phi) is 4.21. The maximum Gasteiger partial charge on any atom is 0.148 e. The Morgan fingerprint density at radius 1 is 1.27 bits per heavy atom. The van der Waals surface area contributed by atoms with Gasteiger partial charge in [0.1, 0.15) is 23.7 Å². The molecule has 0 aliphatic carbocycles. The number of nitrogens with zero attached hydrogens (tertiary/aromatic N) is 4. The Balaban J connectivity index is 1.77. The number of nitrogens with two attached hydrogens (primary N) is 1. The summed E-state index contributed by atoms with van der Waals surface area (Å²) in [6.45, 7) is 1.24. The number of benzene rings is 1. The first-order chi connectivity index (χ1) is 12.7. The summed E-state index contributed by atoms with van der Waals surface area (Å²) in [6, 6.07) is 5.68. The van der Waals surface area contributed by atoms with Gasteiger partial charge in [-0.1, -0.05) is 0 Å². The number of anilines is 3. The smallest absolute Gasteiger partial charge is 0.148 e. The van der Waals surface area contributed by atoms with Gasteiger partial charge in [0.15, 0.2) is 0 Å². The summed E-state index contributed by atoms with van der Waals surface area (Å²) in [5, 5.41) is 13.3. The SMILES string of the molecule is N#Cc1cnc2cc(OC3CCOC3)c(N)cc2c1Nc1cnccn1. The van der Waals surface area contributed by atoms with Crippen molar-refractivity contribution < 1.29 is 9.47 Å². The van der Waals surface area contributed by atoms with E-state index in [0.29, 0.717) is 52.6 Å². The number of pyridine rings is 1. The molecule has 3 N–H and O–H groups in total. The third-order valence-electron chi connectivity index (χ3n) is 4.12. The molecule has 0 bridgehead atoms. The van der Waals surface area contributed by atoms with Crippen molar-refractivity contribution >= 4 is 28.1 Å². The van der Waals surface area contributed by atoms with Crippen LogP contribution in [0.4, 0.5) is 17.2 Å². The van der Waals surface area contributed by atoms with Gasteiger partial charge in [-0.25, -0.2) is 4.98 Å². The molecular formula is C18H16N6O2. The largest absolute Gasteiger partial charge is 0.486 e. The summed E-state index contributed by atoms with van der Waals surface area (Å²) in [5.74, 6) is 1.09. The second-order valence-corrected chi connectivity index (χ2v) is 5.88. The van der Waals surface area contributed by atoms with Gasteiger partial charge in [0.25, 0.3) is 0 Å². The lowest BCUT2D eigenvalue weighted by atomic mass is 10.1. The highest BCUT2D eigenvalue weighted by Crippen LogP contribution is 2.35. The highest BCUT2D eigenvalue weighted by atomic mass is 16.5. The van der Waals surface area contributed by atoms with Crippen molar-refractivity contribution in [3.8, 4) is 11.8 Å². The van der Waals surface area contributed by atoms with E-state index < -0.39 is 0 Å². The summed E-state index contributed by atoms with van der Waals surface area (Å²) in [4.78, 5) is 12.6. The van der Waals surface area contributed by atoms with Gasteiger partial charge in [0.2, 0.25) is 0 Å². The Bertz CT molecular complexity index is 980. The second-order valence-electron chi connectivity index (χ2n) is 5.88. The summed E-state index contributed by atoms with van der Waals surface area (Å²) in [5.41, 5.74) is 8.30. The highest BCUT2D eigenvalue weighted by Gasteiger charge is 2.19. The maximum absolute atomic E-state index is 9.43. The van der Waals surface area contributed by atoms with Crippen molar-refractivity contribution in [3.05, 3.63) is 42.5 Å². The molecule has 1 saturated heterocycles. The third-order valence-corrected chi connectivity index (χ3v) is 4.12. The van der Waals surface area contributed by atoms with Crippen molar-refractivity contribution in [1.29, 1.82) is 5.26 Å². The van der Waals surface area contributed by atoms with Crippen LogP contribution < -0.4 is 15.8 Å². The molecule has 26 heavy (non-hydrogen) atoms. The van der Waals surface area contributed by atoms with Gasteiger partial charge in [-0.15, -0.1) is 0 Å². The molecule has 0 radical (unpaired) electrons. The Hall–Kier alpha value is -3.44. The molecule has 1 atom stereocenters. The molecule has 1 aliphatic heterocycles. The highest BCUT2D eigenvalue weighted by molar-refractivity contribution is 5.98. The molecule has 8 nitrogen and oxygen atoms in total. The number of hydrogen-bond donors (Lipinski definition) is 2. The zero-order chi connectivity index (χ0) is 17.9. The maximum atomic E-state index is 9.43. The lowest BCUT2D eigenvalue weighted by molar-refractivity contribution is 0.142. The molecule has 1 fully saturated rings. The van der Waals surface area contributed by atoms with E-state index in [2.05, 4.69) is 26.3 Å². The average Bonchev–Trinajstić information content (AvgIpc) is 3.17. The minimum absolute atomic E-state index is 0.00896. The molecule has 1 unspecified atom stereocenters. The predicted octanol–water partition coefficient (Wildman–Crippen LogP) is 2.39. The van der Waals surface area contributed by atoms with Crippen molar-refractivity contribution in [2.45, 2.75) is 12.5 Å². The number of ether oxygens (including phenoxy) is 2. The fourth-order valence-electron chi connectivity index (χ4n) is 2.84. The number of nitrogen functional groups attached to an aromatic ring is 1. The Morgan fingerprint density at radius 2 is 2.19 bits per heavy atom. The molecule has 0 amide bonds. The van der Waals surface area contributed by atoms with Crippen LogP contribution in [0.3, 0.4) is 0 Å².